The lowest BCUT2D eigenvalue weighted by Gasteiger charge is -2.12. The number of urea groups is 1. The van der Waals surface area contributed by atoms with E-state index in [0.717, 1.165) is 17.1 Å². The van der Waals surface area contributed by atoms with Gasteiger partial charge in [-0.05, 0) is 55.1 Å². The van der Waals surface area contributed by atoms with Gasteiger partial charge in [-0.3, -0.25) is 0 Å². The Morgan fingerprint density at radius 2 is 1.59 bits per heavy atom. The van der Waals surface area contributed by atoms with Gasteiger partial charge < -0.3 is 20.1 Å². The van der Waals surface area contributed by atoms with Crippen LogP contribution in [-0.2, 0) is 4.74 Å². The lowest BCUT2D eigenvalue weighted by molar-refractivity contribution is 0.0600. The molecule has 0 fully saturated rings. The van der Waals surface area contributed by atoms with E-state index < -0.39 is 5.97 Å². The summed E-state index contributed by atoms with van der Waals surface area (Å²) in [5.74, 6) is 0.339. The number of thioether (sulfide) groups is 1. The Bertz CT molecular complexity index is 856. The molecule has 2 amide bonds. The van der Waals surface area contributed by atoms with Crippen LogP contribution in [-0.4, -0.2) is 32.0 Å². The Hall–Kier alpha value is -2.67. The smallest absolute Gasteiger partial charge is 0.337 e. The molecule has 0 spiro atoms. The quantitative estimate of drug-likeness (QED) is 0.193. The number of rotatable bonds is 13. The summed E-state index contributed by atoms with van der Waals surface area (Å²) in [6.45, 7) is 2.93. The fraction of sp³-hybridized carbons (Fsp3) is 0.440. The number of esters is 1. The first kappa shape index (κ1) is 25.6. The Labute approximate surface area is 195 Å². The predicted molar refractivity (Wildman–Crippen MR) is 132 cm³/mol. The van der Waals surface area contributed by atoms with Crippen molar-refractivity contribution in [1.29, 1.82) is 0 Å². The van der Waals surface area contributed by atoms with Gasteiger partial charge in [-0.2, -0.15) is 0 Å². The molecular formula is C25H34N2O4S. The van der Waals surface area contributed by atoms with Gasteiger partial charge in [-0.1, -0.05) is 45.4 Å². The number of anilines is 2. The van der Waals surface area contributed by atoms with Crippen LogP contribution in [0.15, 0.2) is 47.4 Å². The zero-order chi connectivity index (χ0) is 23.2. The first-order chi connectivity index (χ1) is 15.6. The summed E-state index contributed by atoms with van der Waals surface area (Å²) in [6.07, 6.45) is 10.7. The van der Waals surface area contributed by atoms with E-state index in [1.807, 2.05) is 18.4 Å². The number of hydrogen-bond acceptors (Lipinski definition) is 5. The van der Waals surface area contributed by atoms with Gasteiger partial charge in [0.25, 0.3) is 0 Å². The van der Waals surface area contributed by atoms with Crippen molar-refractivity contribution < 1.29 is 19.1 Å². The number of carbonyl (C=O) groups is 2. The lowest BCUT2D eigenvalue weighted by Crippen LogP contribution is -2.20. The molecule has 0 atom stereocenters. The maximum atomic E-state index is 12.4. The number of nitrogens with one attached hydrogen (secondary N) is 2. The second-order valence-corrected chi connectivity index (χ2v) is 8.33. The van der Waals surface area contributed by atoms with Crippen LogP contribution in [0.4, 0.5) is 16.2 Å². The van der Waals surface area contributed by atoms with Crippen molar-refractivity contribution in [2.24, 2.45) is 0 Å². The summed E-state index contributed by atoms with van der Waals surface area (Å²) < 4.78 is 10.5. The molecule has 2 N–H and O–H groups in total. The van der Waals surface area contributed by atoms with Crippen LogP contribution in [0.3, 0.4) is 0 Å². The second-order valence-electron chi connectivity index (χ2n) is 7.48. The lowest BCUT2D eigenvalue weighted by atomic mass is 10.1. The van der Waals surface area contributed by atoms with Gasteiger partial charge in [0.1, 0.15) is 5.75 Å². The molecule has 174 valence electrons. The average Bonchev–Trinajstić information content (AvgIpc) is 2.81. The molecule has 0 bridgehead atoms. The fourth-order valence-electron chi connectivity index (χ4n) is 3.22. The van der Waals surface area contributed by atoms with Gasteiger partial charge in [0.05, 0.1) is 25.0 Å². The first-order valence-electron chi connectivity index (χ1n) is 11.1. The number of ether oxygens (including phenoxy) is 2. The summed E-state index contributed by atoms with van der Waals surface area (Å²) in [5, 5.41) is 5.60. The standard InChI is InChI=1S/C25H34N2O4S/c1-4-5-6-7-8-9-10-17-31-21-14-12-20(13-15-21)26-25(29)27-22-18-19(24(28)30-2)11-16-23(22)32-3/h11-16,18H,4-10,17H2,1-3H3,(H2,26,27,29). The Morgan fingerprint density at radius 3 is 2.25 bits per heavy atom. The number of carbonyl (C=O) groups excluding carboxylic acids is 2. The minimum atomic E-state index is -0.451. The maximum Gasteiger partial charge on any atom is 0.337 e. The molecule has 6 nitrogen and oxygen atoms in total. The van der Waals surface area contributed by atoms with Crippen molar-refractivity contribution in [2.75, 3.05) is 30.6 Å². The third kappa shape index (κ3) is 8.83. The van der Waals surface area contributed by atoms with E-state index in [1.165, 1.54) is 57.4 Å². The minimum absolute atomic E-state index is 0.378. The molecule has 7 heteroatoms. The molecule has 0 saturated carbocycles. The Kier molecular flexibility index (Phi) is 11.5. The average molecular weight is 459 g/mol. The van der Waals surface area contributed by atoms with Crippen LogP contribution >= 0.6 is 11.8 Å². The summed E-state index contributed by atoms with van der Waals surface area (Å²) in [6, 6.07) is 12.0. The molecular weight excluding hydrogens is 424 g/mol. The predicted octanol–water partition coefficient (Wildman–Crippen LogP) is 6.97. The molecule has 0 heterocycles. The number of methoxy groups -OCH3 is 1. The normalized spacial score (nSPS) is 10.5. The zero-order valence-electron chi connectivity index (χ0n) is 19.2. The Balaban J connectivity index is 1.80. The molecule has 0 aromatic heterocycles. The fourth-order valence-corrected chi connectivity index (χ4v) is 3.75. The highest BCUT2D eigenvalue weighted by Crippen LogP contribution is 2.27. The van der Waals surface area contributed by atoms with Gasteiger partial charge in [0.15, 0.2) is 0 Å². The van der Waals surface area contributed by atoms with Crippen LogP contribution in [0.2, 0.25) is 0 Å². The summed E-state index contributed by atoms with van der Waals surface area (Å²) >= 11 is 1.48. The molecule has 0 aliphatic rings. The van der Waals surface area contributed by atoms with Crippen molar-refractivity contribution >= 4 is 35.1 Å². The minimum Gasteiger partial charge on any atom is -0.494 e. The Morgan fingerprint density at radius 1 is 0.906 bits per heavy atom. The van der Waals surface area contributed by atoms with E-state index in [4.69, 9.17) is 9.47 Å². The molecule has 0 unspecified atom stereocenters. The van der Waals surface area contributed by atoms with Crippen molar-refractivity contribution in [3.05, 3.63) is 48.0 Å². The molecule has 0 aliphatic heterocycles. The number of hydrogen-bond donors (Lipinski definition) is 2. The van der Waals surface area contributed by atoms with E-state index in [1.54, 1.807) is 30.3 Å². The molecule has 0 saturated heterocycles. The third-order valence-corrected chi connectivity index (χ3v) is 5.79. The second kappa shape index (κ2) is 14.4. The molecule has 0 aliphatic carbocycles. The monoisotopic (exact) mass is 458 g/mol. The summed E-state index contributed by atoms with van der Waals surface area (Å²) in [5.41, 5.74) is 1.58. The molecule has 0 radical (unpaired) electrons. The van der Waals surface area contributed by atoms with E-state index >= 15 is 0 Å². The van der Waals surface area contributed by atoms with Crippen molar-refractivity contribution in [3.8, 4) is 5.75 Å². The maximum absolute atomic E-state index is 12.4. The highest BCUT2D eigenvalue weighted by Gasteiger charge is 2.12. The number of amides is 2. The molecule has 2 rings (SSSR count). The van der Waals surface area contributed by atoms with E-state index in [9.17, 15) is 9.59 Å². The highest BCUT2D eigenvalue weighted by molar-refractivity contribution is 7.98. The van der Waals surface area contributed by atoms with Gasteiger partial charge in [-0.15, -0.1) is 11.8 Å². The van der Waals surface area contributed by atoms with Crippen molar-refractivity contribution in [1.82, 2.24) is 0 Å². The molecule has 2 aromatic carbocycles. The van der Waals surface area contributed by atoms with Gasteiger partial charge in [-0.25, -0.2) is 9.59 Å². The third-order valence-electron chi connectivity index (χ3n) is 5.00. The van der Waals surface area contributed by atoms with E-state index in [2.05, 4.69) is 17.6 Å². The first-order valence-corrected chi connectivity index (χ1v) is 12.4. The summed E-state index contributed by atoms with van der Waals surface area (Å²) in [7, 11) is 1.33. The summed E-state index contributed by atoms with van der Waals surface area (Å²) in [4.78, 5) is 25.1. The largest absolute Gasteiger partial charge is 0.494 e. The van der Waals surface area contributed by atoms with Crippen molar-refractivity contribution in [2.45, 2.75) is 56.8 Å². The molecule has 32 heavy (non-hydrogen) atoms. The van der Waals surface area contributed by atoms with Crippen LogP contribution in [0.5, 0.6) is 5.75 Å². The number of benzene rings is 2. The zero-order valence-corrected chi connectivity index (χ0v) is 20.1. The number of unbranched alkanes of at least 4 members (excludes halogenated alkanes) is 6. The van der Waals surface area contributed by atoms with E-state index in [0.29, 0.717) is 23.5 Å². The van der Waals surface area contributed by atoms with Gasteiger partial charge in [0, 0.05) is 10.6 Å². The van der Waals surface area contributed by atoms with Crippen LogP contribution in [0.25, 0.3) is 0 Å². The van der Waals surface area contributed by atoms with Crippen LogP contribution < -0.4 is 15.4 Å². The topological polar surface area (TPSA) is 76.7 Å². The SMILES string of the molecule is CCCCCCCCCOc1ccc(NC(=O)Nc2cc(C(=O)OC)ccc2SC)cc1. The van der Waals surface area contributed by atoms with Gasteiger partial charge in [0.2, 0.25) is 0 Å². The van der Waals surface area contributed by atoms with Crippen LogP contribution in [0.1, 0.15) is 62.2 Å². The van der Waals surface area contributed by atoms with Gasteiger partial charge >= 0.3 is 12.0 Å². The highest BCUT2D eigenvalue weighted by atomic mass is 32.2. The molecule has 2 aromatic rings. The van der Waals surface area contributed by atoms with E-state index in [-0.39, 0.29) is 6.03 Å². The van der Waals surface area contributed by atoms with Crippen molar-refractivity contribution in [3.63, 3.8) is 0 Å². The van der Waals surface area contributed by atoms with Crippen LogP contribution in [0, 0.1) is 0 Å².